The molecule has 0 bridgehead atoms. The SMILES string of the molecule is CC(=O)C1=C(O)[C@@H](N(C)C)[C@@H]2C[C@@H]3Cc4c(N(C)C)cc(CN5CC6(C5)CC(F)(F)C6)c(O)c4C(=O)C3=C(O)[C@]2(O)C1=O. The van der Waals surface area contributed by atoms with Gasteiger partial charge in [-0.05, 0) is 51.4 Å². The van der Waals surface area contributed by atoms with Crippen molar-refractivity contribution in [3.63, 3.8) is 0 Å². The van der Waals surface area contributed by atoms with Gasteiger partial charge < -0.3 is 25.3 Å². The molecule has 6 rings (SSSR count). The molecule has 232 valence electrons. The van der Waals surface area contributed by atoms with E-state index < -0.39 is 69.3 Å². The van der Waals surface area contributed by atoms with Crippen molar-refractivity contribution in [2.75, 3.05) is 46.2 Å². The lowest BCUT2D eigenvalue weighted by Crippen LogP contribution is -2.65. The minimum atomic E-state index is -2.63. The van der Waals surface area contributed by atoms with Gasteiger partial charge in [0.15, 0.2) is 17.2 Å². The average Bonchev–Trinajstić information content (AvgIpc) is 2.84. The number of aliphatic hydroxyl groups is 3. The average molecular weight is 602 g/mol. The number of carbonyl (C=O) groups is 3. The van der Waals surface area contributed by atoms with Crippen LogP contribution in [-0.2, 0) is 22.6 Å². The molecule has 2 fully saturated rings. The second kappa shape index (κ2) is 9.33. The van der Waals surface area contributed by atoms with Crippen LogP contribution < -0.4 is 4.90 Å². The molecule has 5 aliphatic rings. The third-order valence-corrected chi connectivity index (χ3v) is 10.1. The highest BCUT2D eigenvalue weighted by Gasteiger charge is 2.64. The summed E-state index contributed by atoms with van der Waals surface area (Å²) >= 11 is 0. The number of aromatic hydroxyl groups is 1. The molecule has 43 heavy (non-hydrogen) atoms. The Labute approximate surface area is 247 Å². The summed E-state index contributed by atoms with van der Waals surface area (Å²) in [5.74, 6) is -8.64. The third-order valence-electron chi connectivity index (χ3n) is 10.1. The van der Waals surface area contributed by atoms with E-state index in [1.54, 1.807) is 39.2 Å². The topological polar surface area (TPSA) is 142 Å². The maximum Gasteiger partial charge on any atom is 0.249 e. The fourth-order valence-electron chi connectivity index (χ4n) is 8.50. The normalized spacial score (nSPS) is 31.0. The fraction of sp³-hybridized carbons (Fsp3) is 0.581. The molecular weight excluding hydrogens is 564 g/mol. The van der Waals surface area contributed by atoms with Gasteiger partial charge in [0.25, 0.3) is 0 Å². The van der Waals surface area contributed by atoms with Gasteiger partial charge in [0, 0.05) is 74.7 Å². The number of allylic oxidation sites excluding steroid dienone is 1. The molecule has 0 radical (unpaired) electrons. The first kappa shape index (κ1) is 29.7. The first-order chi connectivity index (χ1) is 19.9. The Hall–Kier alpha value is -3.35. The fourth-order valence-corrected chi connectivity index (χ4v) is 8.50. The molecule has 0 unspecified atom stereocenters. The van der Waals surface area contributed by atoms with Crippen LogP contribution in [0.2, 0.25) is 0 Å². The minimum Gasteiger partial charge on any atom is -0.510 e. The molecule has 1 spiro atoms. The lowest BCUT2D eigenvalue weighted by Gasteiger charge is -2.58. The summed E-state index contributed by atoms with van der Waals surface area (Å²) in [5, 5.41) is 45.9. The molecule has 4 N–H and O–H groups in total. The molecule has 1 aliphatic heterocycles. The van der Waals surface area contributed by atoms with Gasteiger partial charge in [-0.3, -0.25) is 24.2 Å². The zero-order valence-corrected chi connectivity index (χ0v) is 24.9. The zero-order valence-electron chi connectivity index (χ0n) is 24.9. The molecule has 1 aromatic rings. The summed E-state index contributed by atoms with van der Waals surface area (Å²) in [6.45, 7) is 2.23. The van der Waals surface area contributed by atoms with Gasteiger partial charge in [-0.1, -0.05) is 0 Å². The number of likely N-dealkylation sites (tertiary alicyclic amines) is 1. The summed E-state index contributed by atoms with van der Waals surface area (Å²) < 4.78 is 27.0. The van der Waals surface area contributed by atoms with E-state index in [1.165, 1.54) is 0 Å². The standard InChI is InChI=1S/C31H37F2N3O7/c1-14(37)20-26(40)23(35(4)5)18-7-15-6-17-19(34(2)3)8-16(9-36-12-29(13-36)10-30(32,33)11-29)24(38)22(17)25(39)21(15)28(42)31(18,43)27(20)41/h8,15,18,23,38,40,42-43H,6-7,9-13H2,1-5H3/t15-,18-,23-,31+/m0/s1. The van der Waals surface area contributed by atoms with Crippen molar-refractivity contribution in [1.82, 2.24) is 9.80 Å². The van der Waals surface area contributed by atoms with E-state index >= 15 is 0 Å². The number of Topliss-reactive ketones (excluding diaryl/α,β-unsaturated/α-hetero) is 3. The predicted octanol–water partition coefficient (Wildman–Crippen LogP) is 2.52. The number of nitrogens with zero attached hydrogens (tertiary/aromatic N) is 3. The molecule has 0 amide bonds. The number of halogens is 2. The Morgan fingerprint density at radius 1 is 1.09 bits per heavy atom. The molecule has 4 atom stereocenters. The molecule has 1 saturated heterocycles. The maximum atomic E-state index is 14.2. The number of benzene rings is 1. The number of hydrogen-bond acceptors (Lipinski definition) is 10. The van der Waals surface area contributed by atoms with Crippen LogP contribution in [0.4, 0.5) is 14.5 Å². The van der Waals surface area contributed by atoms with Crippen molar-refractivity contribution in [1.29, 1.82) is 0 Å². The predicted molar refractivity (Wildman–Crippen MR) is 151 cm³/mol. The van der Waals surface area contributed by atoms with Crippen LogP contribution >= 0.6 is 0 Å². The Morgan fingerprint density at radius 2 is 1.72 bits per heavy atom. The Morgan fingerprint density at radius 3 is 2.26 bits per heavy atom. The van der Waals surface area contributed by atoms with Gasteiger partial charge in [-0.25, -0.2) is 8.78 Å². The van der Waals surface area contributed by atoms with E-state index in [2.05, 4.69) is 0 Å². The summed E-state index contributed by atoms with van der Waals surface area (Å²) in [6, 6.07) is 0.803. The highest BCUT2D eigenvalue weighted by molar-refractivity contribution is 6.25. The number of hydrogen-bond donors (Lipinski definition) is 4. The molecule has 1 heterocycles. The summed E-state index contributed by atoms with van der Waals surface area (Å²) in [4.78, 5) is 45.5. The number of likely N-dealkylation sites (N-methyl/N-ethyl adjacent to an activating group) is 1. The molecule has 0 aromatic heterocycles. The second-order valence-electron chi connectivity index (χ2n) is 13.7. The van der Waals surface area contributed by atoms with Crippen LogP contribution in [0.5, 0.6) is 5.75 Å². The number of alkyl halides is 2. The number of aliphatic hydroxyl groups excluding tert-OH is 2. The Bertz CT molecular complexity index is 1530. The van der Waals surface area contributed by atoms with Crippen LogP contribution in [0.25, 0.3) is 0 Å². The van der Waals surface area contributed by atoms with Crippen molar-refractivity contribution in [2.45, 2.75) is 56.7 Å². The molecule has 1 aromatic carbocycles. The number of phenols is 1. The van der Waals surface area contributed by atoms with E-state index in [-0.39, 0.29) is 49.1 Å². The lowest BCUT2D eigenvalue weighted by molar-refractivity contribution is -0.215. The Kier molecular flexibility index (Phi) is 6.44. The van der Waals surface area contributed by atoms with E-state index in [9.17, 15) is 43.6 Å². The van der Waals surface area contributed by atoms with Gasteiger partial charge in [0.2, 0.25) is 11.7 Å². The van der Waals surface area contributed by atoms with Crippen LogP contribution in [0.15, 0.2) is 28.7 Å². The van der Waals surface area contributed by atoms with Gasteiger partial charge in [0.05, 0.1) is 11.6 Å². The van der Waals surface area contributed by atoms with Crippen LogP contribution in [0, 0.1) is 17.3 Å². The van der Waals surface area contributed by atoms with E-state index in [1.807, 2.05) is 9.80 Å². The number of fused-ring (bicyclic) bond motifs is 3. The highest BCUT2D eigenvalue weighted by atomic mass is 19.3. The molecule has 12 heteroatoms. The lowest BCUT2D eigenvalue weighted by atomic mass is 9.58. The van der Waals surface area contributed by atoms with Crippen molar-refractivity contribution in [2.24, 2.45) is 17.3 Å². The number of ketones is 3. The summed E-state index contributed by atoms with van der Waals surface area (Å²) in [6.07, 6.45) is -0.0630. The third kappa shape index (κ3) is 4.09. The van der Waals surface area contributed by atoms with Gasteiger partial charge in [0.1, 0.15) is 22.8 Å². The van der Waals surface area contributed by atoms with E-state index in [0.717, 1.165) is 6.92 Å². The molecule has 1 saturated carbocycles. The van der Waals surface area contributed by atoms with Gasteiger partial charge in [-0.15, -0.1) is 0 Å². The number of phenolic OH excluding ortho intramolecular Hbond substituents is 1. The van der Waals surface area contributed by atoms with Crippen molar-refractivity contribution in [3.05, 3.63) is 45.4 Å². The van der Waals surface area contributed by atoms with E-state index in [0.29, 0.717) is 29.9 Å². The summed E-state index contributed by atoms with van der Waals surface area (Å²) in [5.41, 5.74) is -2.25. The number of rotatable bonds is 5. The smallest absolute Gasteiger partial charge is 0.249 e. The van der Waals surface area contributed by atoms with Crippen molar-refractivity contribution in [3.8, 4) is 5.75 Å². The first-order valence-electron chi connectivity index (χ1n) is 14.4. The van der Waals surface area contributed by atoms with Crippen molar-refractivity contribution >= 4 is 23.0 Å². The largest absolute Gasteiger partial charge is 0.510 e. The van der Waals surface area contributed by atoms with Crippen molar-refractivity contribution < 1.29 is 43.6 Å². The molecule has 4 aliphatic carbocycles. The second-order valence-corrected chi connectivity index (χ2v) is 13.7. The van der Waals surface area contributed by atoms with Crippen LogP contribution in [0.3, 0.4) is 0 Å². The van der Waals surface area contributed by atoms with Crippen LogP contribution in [0.1, 0.15) is 47.7 Å². The minimum absolute atomic E-state index is 0.0379. The number of anilines is 1. The summed E-state index contributed by atoms with van der Waals surface area (Å²) in [7, 11) is 6.83. The van der Waals surface area contributed by atoms with Gasteiger partial charge in [-0.2, -0.15) is 0 Å². The maximum absolute atomic E-state index is 14.2. The Balaban J connectivity index is 1.42. The van der Waals surface area contributed by atoms with Gasteiger partial charge >= 0.3 is 0 Å². The molecule has 10 nitrogen and oxygen atoms in total. The first-order valence-corrected chi connectivity index (χ1v) is 14.4. The van der Waals surface area contributed by atoms with Crippen LogP contribution in [-0.4, -0.2) is 106 Å². The quantitative estimate of drug-likeness (QED) is 0.372. The highest BCUT2D eigenvalue weighted by Crippen LogP contribution is 2.58. The number of carbonyl (C=O) groups excluding carboxylic acids is 3. The monoisotopic (exact) mass is 601 g/mol. The molecular formula is C31H37F2N3O7. The zero-order chi connectivity index (χ0) is 31.5. The van der Waals surface area contributed by atoms with E-state index in [4.69, 9.17) is 0 Å².